The van der Waals surface area contributed by atoms with Crippen molar-refractivity contribution in [3.8, 4) is 39.9 Å². The van der Waals surface area contributed by atoms with Crippen molar-refractivity contribution in [2.45, 2.75) is 0 Å². The molecule has 3 heterocycles. The van der Waals surface area contributed by atoms with Crippen LogP contribution in [0.15, 0.2) is 235 Å². The minimum Gasteiger partial charge on any atom is -0.455 e. The van der Waals surface area contributed by atoms with Crippen LogP contribution in [0.25, 0.3) is 159 Å². The summed E-state index contributed by atoms with van der Waals surface area (Å²) in [5, 5.41) is 20.4. The molecule has 0 aliphatic heterocycles. The van der Waals surface area contributed by atoms with Gasteiger partial charge in [-0.25, -0.2) is 15.0 Å². The maximum absolute atomic E-state index is 7.39. The maximum Gasteiger partial charge on any atom is 0.167 e. The molecule has 0 aliphatic rings. The minimum atomic E-state index is 0.531. The van der Waals surface area contributed by atoms with Crippen LogP contribution in [0.5, 0.6) is 0 Å². The van der Waals surface area contributed by atoms with Crippen molar-refractivity contribution in [2.75, 3.05) is 0 Å². The predicted molar refractivity (Wildman–Crippen MR) is 300 cm³/mol. The van der Waals surface area contributed by atoms with E-state index in [0.29, 0.717) is 23.1 Å². The molecule has 0 fully saturated rings. The molecule has 0 saturated heterocycles. The van der Waals surface area contributed by atoms with E-state index in [1.807, 2.05) is 0 Å². The average molecular weight is 915 g/mol. The zero-order chi connectivity index (χ0) is 47.0. The molecule has 16 rings (SSSR count). The normalized spacial score (nSPS) is 12.2. The molecule has 0 spiro atoms. The summed E-state index contributed by atoms with van der Waals surface area (Å²) in [5.74, 6) is 1.71. The minimum absolute atomic E-state index is 0.531. The lowest BCUT2D eigenvalue weighted by molar-refractivity contribution is 0.673. The van der Waals surface area contributed by atoms with Crippen LogP contribution in [-0.4, -0.2) is 19.5 Å². The number of benzene rings is 13. The third-order valence-corrected chi connectivity index (χ3v) is 15.1. The van der Waals surface area contributed by atoms with Crippen molar-refractivity contribution in [2.24, 2.45) is 0 Å². The van der Waals surface area contributed by atoms with Gasteiger partial charge < -0.3 is 8.98 Å². The van der Waals surface area contributed by atoms with E-state index in [2.05, 4.69) is 235 Å². The Morgan fingerprint density at radius 2 is 0.681 bits per heavy atom. The van der Waals surface area contributed by atoms with Crippen molar-refractivity contribution in [1.82, 2.24) is 19.5 Å². The largest absolute Gasteiger partial charge is 0.455 e. The summed E-state index contributed by atoms with van der Waals surface area (Å²) >= 11 is 0. The fourth-order valence-corrected chi connectivity index (χ4v) is 11.8. The van der Waals surface area contributed by atoms with E-state index in [1.54, 1.807) is 0 Å². The molecule has 0 saturated carbocycles. The Balaban J connectivity index is 1.05. The molecule has 5 heteroatoms. The van der Waals surface area contributed by atoms with Crippen LogP contribution in [0.4, 0.5) is 0 Å². The molecule has 332 valence electrons. The summed E-state index contributed by atoms with van der Waals surface area (Å²) in [6.07, 6.45) is 0. The number of nitrogens with zero attached hydrogens (tertiary/aromatic N) is 4. The van der Waals surface area contributed by atoms with Gasteiger partial charge in [-0.2, -0.15) is 0 Å². The molecule has 0 bridgehead atoms. The highest BCUT2D eigenvalue weighted by Crippen LogP contribution is 2.46. The van der Waals surface area contributed by atoms with Crippen molar-refractivity contribution in [3.05, 3.63) is 231 Å². The molecule has 0 radical (unpaired) electrons. The second-order valence-electron chi connectivity index (χ2n) is 19.1. The number of hydrogen-bond acceptors (Lipinski definition) is 4. The Labute approximate surface area is 411 Å². The van der Waals surface area contributed by atoms with Crippen LogP contribution in [0, 0.1) is 0 Å². The number of aromatic nitrogens is 4. The average Bonchev–Trinajstić information content (AvgIpc) is 3.99. The van der Waals surface area contributed by atoms with Gasteiger partial charge in [0.1, 0.15) is 11.2 Å². The van der Waals surface area contributed by atoms with E-state index < -0.39 is 0 Å². The van der Waals surface area contributed by atoms with Gasteiger partial charge in [-0.1, -0.05) is 176 Å². The lowest BCUT2D eigenvalue weighted by Crippen LogP contribution is -2.02. The molecule has 0 atom stereocenters. The lowest BCUT2D eigenvalue weighted by atomic mass is 9.96. The highest BCUT2D eigenvalue weighted by atomic mass is 16.3. The highest BCUT2D eigenvalue weighted by Gasteiger charge is 2.25. The fourth-order valence-electron chi connectivity index (χ4n) is 11.8. The van der Waals surface area contributed by atoms with Gasteiger partial charge in [-0.3, -0.25) is 0 Å². The molecule has 16 aromatic rings. The number of furan rings is 1. The summed E-state index contributed by atoms with van der Waals surface area (Å²) in [5.41, 5.74) is 7.46. The molecular formula is C67H38N4O. The number of rotatable bonds is 4. The van der Waals surface area contributed by atoms with Crippen LogP contribution in [0.3, 0.4) is 0 Å². The summed E-state index contributed by atoms with van der Waals surface area (Å²) in [7, 11) is 0. The van der Waals surface area contributed by atoms with Crippen LogP contribution >= 0.6 is 0 Å². The second kappa shape index (κ2) is 14.9. The Morgan fingerprint density at radius 3 is 1.21 bits per heavy atom. The second-order valence-corrected chi connectivity index (χ2v) is 19.1. The van der Waals surface area contributed by atoms with E-state index >= 15 is 0 Å². The maximum atomic E-state index is 7.39. The molecular weight excluding hydrogens is 877 g/mol. The van der Waals surface area contributed by atoms with Crippen LogP contribution in [0.2, 0.25) is 0 Å². The van der Waals surface area contributed by atoms with Crippen molar-refractivity contribution < 1.29 is 4.42 Å². The first-order chi connectivity index (χ1) is 35.7. The van der Waals surface area contributed by atoms with E-state index in [1.165, 1.54) is 43.1 Å². The zero-order valence-corrected chi connectivity index (χ0v) is 38.6. The number of fused-ring (bicyclic) bond motifs is 16. The van der Waals surface area contributed by atoms with Crippen molar-refractivity contribution in [3.63, 3.8) is 0 Å². The summed E-state index contributed by atoms with van der Waals surface area (Å²) in [4.78, 5) is 16.6. The van der Waals surface area contributed by atoms with Gasteiger partial charge in [-0.15, -0.1) is 0 Å². The van der Waals surface area contributed by atoms with Crippen LogP contribution in [0.1, 0.15) is 0 Å². The third kappa shape index (κ3) is 5.67. The smallest absolute Gasteiger partial charge is 0.167 e. The van der Waals surface area contributed by atoms with Crippen LogP contribution < -0.4 is 0 Å². The SMILES string of the molecule is c1ccc2cc3c(cc2c1)c1cc2ccccc2cc1n3-c1ccc(-c2nc(-c3cc4ccccc4c4ccccc34)nc(-c3cc4ccccc4c4ccccc34)n2)c2oc3c4ccccc4ccc3c12. The molecule has 5 nitrogen and oxygen atoms in total. The first-order valence-corrected chi connectivity index (χ1v) is 24.5. The molecule has 3 aromatic heterocycles. The van der Waals surface area contributed by atoms with E-state index in [4.69, 9.17) is 19.4 Å². The van der Waals surface area contributed by atoms with Gasteiger partial charge >= 0.3 is 0 Å². The summed E-state index contributed by atoms with van der Waals surface area (Å²) < 4.78 is 9.84. The van der Waals surface area contributed by atoms with Gasteiger partial charge in [-0.05, 0) is 125 Å². The third-order valence-electron chi connectivity index (χ3n) is 15.1. The summed E-state index contributed by atoms with van der Waals surface area (Å²) in [6, 6.07) is 82.8. The monoisotopic (exact) mass is 914 g/mol. The molecule has 0 amide bonds. The Kier molecular flexibility index (Phi) is 8.10. The Bertz CT molecular complexity index is 4770. The first kappa shape index (κ1) is 39.2. The van der Waals surface area contributed by atoms with Crippen LogP contribution in [-0.2, 0) is 0 Å². The first-order valence-electron chi connectivity index (χ1n) is 24.5. The van der Waals surface area contributed by atoms with Gasteiger partial charge in [0.2, 0.25) is 0 Å². The van der Waals surface area contributed by atoms with E-state index in [0.717, 1.165) is 92.9 Å². The molecule has 0 aliphatic carbocycles. The Hall–Kier alpha value is -9.71. The van der Waals surface area contributed by atoms with E-state index in [-0.39, 0.29) is 0 Å². The lowest BCUT2D eigenvalue weighted by Gasteiger charge is -2.15. The summed E-state index contributed by atoms with van der Waals surface area (Å²) in [6.45, 7) is 0. The zero-order valence-electron chi connectivity index (χ0n) is 38.6. The van der Waals surface area contributed by atoms with Gasteiger partial charge in [0.25, 0.3) is 0 Å². The standard InChI is InChI=1S/C67H38N4O/c1-3-18-42-37-60-55(33-40(42)16-1)56-34-41-17-2-4-19-43(41)38-61(56)71(60)59-32-31-54(64-62(59)53-30-29-39-15-5-10-24-48(39)63(53)72-64)65-68-66(57-35-44-20-6-8-22-46(44)49-25-11-13-27-51(49)57)70-67(69-65)58-36-45-21-7-9-23-47(45)50-26-12-14-28-52(50)58/h1-38H. The molecule has 72 heavy (non-hydrogen) atoms. The highest BCUT2D eigenvalue weighted by molar-refractivity contribution is 6.23. The van der Waals surface area contributed by atoms with Gasteiger partial charge in [0, 0.05) is 32.7 Å². The van der Waals surface area contributed by atoms with Crippen molar-refractivity contribution in [1.29, 1.82) is 0 Å². The van der Waals surface area contributed by atoms with Gasteiger partial charge in [0.15, 0.2) is 17.5 Å². The van der Waals surface area contributed by atoms with E-state index in [9.17, 15) is 0 Å². The quantitative estimate of drug-likeness (QED) is 0.165. The fraction of sp³-hybridized carbons (Fsp3) is 0. The predicted octanol–water partition coefficient (Wildman–Crippen LogP) is 17.9. The number of hydrogen-bond donors (Lipinski definition) is 0. The van der Waals surface area contributed by atoms with Gasteiger partial charge in [0.05, 0.1) is 27.7 Å². The van der Waals surface area contributed by atoms with Crippen molar-refractivity contribution >= 4 is 119 Å². The Morgan fingerprint density at radius 1 is 0.264 bits per heavy atom. The molecule has 0 N–H and O–H groups in total. The molecule has 0 unspecified atom stereocenters. The topological polar surface area (TPSA) is 56.7 Å². The molecule has 13 aromatic carbocycles.